The molecule has 18 heavy (non-hydrogen) atoms. The summed E-state index contributed by atoms with van der Waals surface area (Å²) in [7, 11) is 0. The van der Waals surface area contributed by atoms with Crippen molar-refractivity contribution in [2.24, 2.45) is 11.8 Å². The molecule has 0 bridgehead atoms. The fourth-order valence-corrected chi connectivity index (χ4v) is 2.05. The molecule has 2 rings (SSSR count). The molecule has 0 radical (unpaired) electrons. The predicted molar refractivity (Wildman–Crippen MR) is 73.1 cm³/mol. The van der Waals surface area contributed by atoms with Crippen molar-refractivity contribution in [2.75, 3.05) is 12.0 Å². The van der Waals surface area contributed by atoms with Crippen molar-refractivity contribution < 1.29 is 4.79 Å². The van der Waals surface area contributed by atoms with E-state index in [1.165, 1.54) is 0 Å². The van der Waals surface area contributed by atoms with Crippen molar-refractivity contribution in [3.63, 3.8) is 0 Å². The van der Waals surface area contributed by atoms with Gasteiger partial charge in [-0.2, -0.15) is 0 Å². The molecule has 0 atom stereocenters. The van der Waals surface area contributed by atoms with Crippen LogP contribution in [0.25, 0.3) is 0 Å². The van der Waals surface area contributed by atoms with Crippen LogP contribution in [0.15, 0.2) is 24.3 Å². The lowest BCUT2D eigenvalue weighted by molar-refractivity contribution is 0.0722. The Morgan fingerprint density at radius 3 is 2.44 bits per heavy atom. The summed E-state index contributed by atoms with van der Waals surface area (Å²) in [4.78, 5) is 14.4. The highest BCUT2D eigenvalue weighted by atomic mass is 16.2. The Bertz CT molecular complexity index is 410. The quantitative estimate of drug-likeness (QED) is 0.619. The van der Waals surface area contributed by atoms with Crippen molar-refractivity contribution in [2.45, 2.75) is 32.7 Å². The third-order valence-corrected chi connectivity index (χ3v) is 3.11. The van der Waals surface area contributed by atoms with Crippen molar-refractivity contribution in [1.29, 1.82) is 0 Å². The number of nitrogens with two attached hydrogens (primary N) is 1. The monoisotopic (exact) mass is 247 g/mol. The molecule has 0 unspecified atom stereocenters. The molecule has 1 fully saturated rings. The van der Waals surface area contributed by atoms with Crippen LogP contribution in [-0.2, 0) is 0 Å². The summed E-state index contributed by atoms with van der Waals surface area (Å²) in [6, 6.07) is 7.76. The number of hydrazine groups is 1. The van der Waals surface area contributed by atoms with Crippen molar-refractivity contribution >= 4 is 11.6 Å². The minimum atomic E-state index is 0.134. The van der Waals surface area contributed by atoms with E-state index in [9.17, 15) is 4.79 Å². The topological polar surface area (TPSA) is 58.4 Å². The molecule has 1 aromatic rings. The van der Waals surface area contributed by atoms with Crippen LogP contribution >= 0.6 is 0 Å². The number of anilines is 1. The summed E-state index contributed by atoms with van der Waals surface area (Å²) in [5.41, 5.74) is 4.12. The molecule has 4 nitrogen and oxygen atoms in total. The molecule has 4 heteroatoms. The molecule has 3 N–H and O–H groups in total. The Kier molecular flexibility index (Phi) is 3.87. The van der Waals surface area contributed by atoms with Gasteiger partial charge in [-0.25, -0.2) is 0 Å². The fourth-order valence-electron chi connectivity index (χ4n) is 2.05. The molecule has 1 saturated carbocycles. The molecule has 1 aromatic carbocycles. The summed E-state index contributed by atoms with van der Waals surface area (Å²) in [6.07, 6.45) is 2.28. The summed E-state index contributed by atoms with van der Waals surface area (Å²) < 4.78 is 0. The number of nitrogen functional groups attached to an aromatic ring is 1. The van der Waals surface area contributed by atoms with Crippen LogP contribution in [-0.4, -0.2) is 23.4 Å². The van der Waals surface area contributed by atoms with Gasteiger partial charge in [-0.05, 0) is 43.0 Å². The first-order chi connectivity index (χ1) is 8.61. The average Bonchev–Trinajstić information content (AvgIpc) is 3.19. The third kappa shape index (κ3) is 3.01. The van der Waals surface area contributed by atoms with Crippen molar-refractivity contribution in [3.05, 3.63) is 29.8 Å². The molecule has 98 valence electrons. The molecule has 0 spiro atoms. The maximum Gasteiger partial charge on any atom is 0.254 e. The van der Waals surface area contributed by atoms with Crippen LogP contribution in [0.1, 0.15) is 37.0 Å². The van der Waals surface area contributed by atoms with E-state index in [4.69, 9.17) is 5.84 Å². The van der Waals surface area contributed by atoms with E-state index in [-0.39, 0.29) is 5.91 Å². The molecular formula is C14H21N3O. The smallest absolute Gasteiger partial charge is 0.254 e. The van der Waals surface area contributed by atoms with Crippen LogP contribution < -0.4 is 11.3 Å². The first-order valence-electron chi connectivity index (χ1n) is 6.49. The van der Waals surface area contributed by atoms with Gasteiger partial charge in [0.1, 0.15) is 0 Å². The normalized spacial score (nSPS) is 14.7. The van der Waals surface area contributed by atoms with Gasteiger partial charge in [0.15, 0.2) is 0 Å². The Balaban J connectivity index is 2.11. The summed E-state index contributed by atoms with van der Waals surface area (Å²) >= 11 is 0. The van der Waals surface area contributed by atoms with E-state index in [0.29, 0.717) is 12.0 Å². The lowest BCUT2D eigenvalue weighted by Gasteiger charge is -2.24. The van der Waals surface area contributed by atoms with E-state index < -0.39 is 0 Å². The lowest BCUT2D eigenvalue weighted by atomic mass is 10.1. The SMILES string of the molecule is CC(C)CN(C(=O)c1ccc(NN)cc1)C1CC1. The van der Waals surface area contributed by atoms with Gasteiger partial charge in [-0.3, -0.25) is 10.6 Å². The van der Waals surface area contributed by atoms with Crippen LogP contribution in [0.4, 0.5) is 5.69 Å². The van der Waals surface area contributed by atoms with Crippen molar-refractivity contribution in [1.82, 2.24) is 4.90 Å². The highest BCUT2D eigenvalue weighted by Gasteiger charge is 2.33. The number of benzene rings is 1. The molecular weight excluding hydrogens is 226 g/mol. The summed E-state index contributed by atoms with van der Waals surface area (Å²) in [6.45, 7) is 5.12. The predicted octanol–water partition coefficient (Wildman–Crippen LogP) is 2.23. The number of carbonyl (C=O) groups excluding carboxylic acids is 1. The lowest BCUT2D eigenvalue weighted by Crippen LogP contribution is -2.36. The van der Waals surface area contributed by atoms with E-state index in [2.05, 4.69) is 19.3 Å². The van der Waals surface area contributed by atoms with Gasteiger partial charge in [-0.1, -0.05) is 13.8 Å². The van der Waals surface area contributed by atoms with Crippen LogP contribution in [0.5, 0.6) is 0 Å². The molecule has 0 heterocycles. The Hall–Kier alpha value is -1.55. The largest absolute Gasteiger partial charge is 0.335 e. The average molecular weight is 247 g/mol. The van der Waals surface area contributed by atoms with E-state index in [1.807, 2.05) is 29.2 Å². The van der Waals surface area contributed by atoms with Crippen LogP contribution in [0.2, 0.25) is 0 Å². The number of carbonyl (C=O) groups is 1. The second kappa shape index (κ2) is 5.40. The molecule has 1 aliphatic rings. The second-order valence-electron chi connectivity index (χ2n) is 5.30. The molecule has 0 aromatic heterocycles. The minimum absolute atomic E-state index is 0.134. The minimum Gasteiger partial charge on any atom is -0.335 e. The first kappa shape index (κ1) is 12.9. The molecule has 1 amide bonds. The number of nitrogens with one attached hydrogen (secondary N) is 1. The molecule has 1 aliphatic carbocycles. The van der Waals surface area contributed by atoms with E-state index in [0.717, 1.165) is 30.6 Å². The van der Waals surface area contributed by atoms with Gasteiger partial charge in [0.2, 0.25) is 0 Å². The maximum absolute atomic E-state index is 12.4. The van der Waals surface area contributed by atoms with E-state index in [1.54, 1.807) is 0 Å². The van der Waals surface area contributed by atoms with Gasteiger partial charge in [0, 0.05) is 23.8 Å². The fraction of sp³-hybridized carbons (Fsp3) is 0.500. The van der Waals surface area contributed by atoms with Crippen LogP contribution in [0.3, 0.4) is 0 Å². The van der Waals surface area contributed by atoms with Gasteiger partial charge < -0.3 is 10.3 Å². The van der Waals surface area contributed by atoms with E-state index >= 15 is 0 Å². The number of amides is 1. The van der Waals surface area contributed by atoms with Crippen LogP contribution in [0, 0.1) is 5.92 Å². The number of rotatable bonds is 5. The van der Waals surface area contributed by atoms with Gasteiger partial charge in [-0.15, -0.1) is 0 Å². The molecule has 0 aliphatic heterocycles. The number of hydrogen-bond acceptors (Lipinski definition) is 3. The Labute approximate surface area is 108 Å². The molecule has 0 saturated heterocycles. The Morgan fingerprint density at radius 2 is 2.00 bits per heavy atom. The Morgan fingerprint density at radius 1 is 1.39 bits per heavy atom. The first-order valence-corrected chi connectivity index (χ1v) is 6.49. The maximum atomic E-state index is 12.4. The zero-order chi connectivity index (χ0) is 13.1. The summed E-state index contributed by atoms with van der Waals surface area (Å²) in [5, 5.41) is 0. The van der Waals surface area contributed by atoms with Gasteiger partial charge in [0.05, 0.1) is 0 Å². The van der Waals surface area contributed by atoms with Crippen molar-refractivity contribution in [3.8, 4) is 0 Å². The highest BCUT2D eigenvalue weighted by Crippen LogP contribution is 2.29. The second-order valence-corrected chi connectivity index (χ2v) is 5.30. The third-order valence-electron chi connectivity index (χ3n) is 3.11. The number of hydrogen-bond donors (Lipinski definition) is 2. The van der Waals surface area contributed by atoms with Gasteiger partial charge >= 0.3 is 0 Å². The standard InChI is InChI=1S/C14H21N3O/c1-10(2)9-17(13-7-8-13)14(18)11-3-5-12(16-15)6-4-11/h3-6,10,13,16H,7-9,15H2,1-2H3. The van der Waals surface area contributed by atoms with Gasteiger partial charge in [0.25, 0.3) is 5.91 Å². The number of nitrogens with zero attached hydrogens (tertiary/aromatic N) is 1. The zero-order valence-corrected chi connectivity index (χ0v) is 11.0. The summed E-state index contributed by atoms with van der Waals surface area (Å²) in [5.74, 6) is 5.95. The zero-order valence-electron chi connectivity index (χ0n) is 11.0. The highest BCUT2D eigenvalue weighted by molar-refractivity contribution is 5.95.